The van der Waals surface area contributed by atoms with E-state index in [2.05, 4.69) is 0 Å². The van der Waals surface area contributed by atoms with Crippen molar-refractivity contribution < 1.29 is 40.7 Å². The minimum absolute atomic E-state index is 0.123. The molecule has 3 N–H and O–H groups in total. The van der Waals surface area contributed by atoms with Crippen molar-refractivity contribution in [2.24, 2.45) is 5.73 Å². The highest BCUT2D eigenvalue weighted by atomic mass is 19.4. The number of hydrogen-bond acceptors (Lipinski definition) is 3. The molecule has 150 valence electrons. The quantitative estimate of drug-likeness (QED) is 0.692. The Morgan fingerprint density at radius 3 is 1.85 bits per heavy atom. The van der Waals surface area contributed by atoms with E-state index in [9.17, 15) is 40.7 Å². The fourth-order valence-electron chi connectivity index (χ4n) is 2.10. The van der Waals surface area contributed by atoms with Crippen LogP contribution in [0.15, 0.2) is 18.2 Å². The van der Waals surface area contributed by atoms with Gasteiger partial charge in [-0.1, -0.05) is 6.92 Å². The molecule has 0 fully saturated rings. The summed E-state index contributed by atoms with van der Waals surface area (Å²) in [5, 5.41) is 1.97. The van der Waals surface area contributed by atoms with Crippen molar-refractivity contribution in [3.63, 3.8) is 0 Å². The fourth-order valence-corrected chi connectivity index (χ4v) is 2.10. The average Bonchev–Trinajstić information content (AvgIpc) is 2.55. The SMILES string of the molecule is CCC(=O)CC[C@@H](NC(=O)c1cc(C(F)(F)F)cc(C(F)(F)F)c1)C(N)=O. The molecule has 11 heteroatoms. The van der Waals surface area contributed by atoms with Crippen LogP contribution in [0.25, 0.3) is 0 Å². The van der Waals surface area contributed by atoms with Crippen LogP contribution in [-0.2, 0) is 21.9 Å². The van der Waals surface area contributed by atoms with Gasteiger partial charge in [-0.05, 0) is 24.6 Å². The maximum atomic E-state index is 12.8. The number of carbonyl (C=O) groups is 3. The monoisotopic (exact) mass is 398 g/mol. The third-order valence-electron chi connectivity index (χ3n) is 3.60. The molecule has 0 bridgehead atoms. The number of nitrogens with two attached hydrogens (primary N) is 1. The van der Waals surface area contributed by atoms with Crippen molar-refractivity contribution >= 4 is 17.6 Å². The van der Waals surface area contributed by atoms with Crippen LogP contribution in [0.2, 0.25) is 0 Å². The maximum absolute atomic E-state index is 12.8. The van der Waals surface area contributed by atoms with E-state index in [1.165, 1.54) is 0 Å². The molecule has 0 aliphatic heterocycles. The minimum Gasteiger partial charge on any atom is -0.368 e. The molecule has 0 aliphatic carbocycles. The standard InChI is InChI=1S/C16H16F6N2O3/c1-2-11(25)3-4-12(13(23)26)24-14(27)8-5-9(15(17,18)19)7-10(6-8)16(20,21)22/h5-7,12H,2-4H2,1H3,(H2,23,26)(H,24,27)/t12-/m1/s1. The molecule has 0 saturated carbocycles. The average molecular weight is 398 g/mol. The molecule has 0 saturated heterocycles. The first-order valence-corrected chi connectivity index (χ1v) is 7.67. The molecule has 5 nitrogen and oxygen atoms in total. The molecule has 2 amide bonds. The number of rotatable bonds is 7. The zero-order valence-corrected chi connectivity index (χ0v) is 14.0. The Hall–Kier alpha value is -2.59. The number of primary amides is 1. The third-order valence-corrected chi connectivity index (χ3v) is 3.60. The molecule has 0 aromatic heterocycles. The molecule has 0 unspecified atom stereocenters. The second-order valence-electron chi connectivity index (χ2n) is 5.65. The summed E-state index contributed by atoms with van der Waals surface area (Å²) >= 11 is 0. The van der Waals surface area contributed by atoms with Crippen LogP contribution in [0.5, 0.6) is 0 Å². The van der Waals surface area contributed by atoms with Crippen LogP contribution in [0.1, 0.15) is 47.7 Å². The van der Waals surface area contributed by atoms with Gasteiger partial charge in [0, 0.05) is 18.4 Å². The van der Waals surface area contributed by atoms with Gasteiger partial charge in [0.25, 0.3) is 5.91 Å². The first-order valence-electron chi connectivity index (χ1n) is 7.67. The first-order chi connectivity index (χ1) is 12.3. The molecule has 1 aromatic rings. The lowest BCUT2D eigenvalue weighted by Gasteiger charge is -2.17. The Morgan fingerprint density at radius 2 is 1.48 bits per heavy atom. The van der Waals surface area contributed by atoms with E-state index in [4.69, 9.17) is 5.73 Å². The molecule has 0 aliphatic rings. The van der Waals surface area contributed by atoms with Gasteiger partial charge >= 0.3 is 12.4 Å². The number of Topliss-reactive ketones (excluding diaryl/α,β-unsaturated/α-hetero) is 1. The Labute approximate surface area is 149 Å². The van der Waals surface area contributed by atoms with Gasteiger partial charge in [-0.3, -0.25) is 14.4 Å². The van der Waals surface area contributed by atoms with Crippen molar-refractivity contribution in [2.75, 3.05) is 0 Å². The minimum atomic E-state index is -5.12. The molecule has 1 aromatic carbocycles. The molecule has 27 heavy (non-hydrogen) atoms. The van der Waals surface area contributed by atoms with Crippen LogP contribution in [-0.4, -0.2) is 23.6 Å². The molecular formula is C16H16F6N2O3. The van der Waals surface area contributed by atoms with E-state index < -0.39 is 46.9 Å². The van der Waals surface area contributed by atoms with Gasteiger partial charge in [0.2, 0.25) is 5.91 Å². The zero-order chi connectivity index (χ0) is 21.0. The molecular weight excluding hydrogens is 382 g/mol. The maximum Gasteiger partial charge on any atom is 0.416 e. The van der Waals surface area contributed by atoms with E-state index >= 15 is 0 Å². The number of nitrogens with one attached hydrogen (secondary N) is 1. The molecule has 1 atom stereocenters. The number of halogens is 6. The lowest BCUT2D eigenvalue weighted by atomic mass is 10.0. The van der Waals surface area contributed by atoms with Gasteiger partial charge in [-0.15, -0.1) is 0 Å². The Bertz CT molecular complexity index is 696. The zero-order valence-electron chi connectivity index (χ0n) is 14.0. The third kappa shape index (κ3) is 6.57. The predicted octanol–water partition coefficient (Wildman–Crippen LogP) is 3.07. The number of alkyl halides is 6. The van der Waals surface area contributed by atoms with Crippen LogP contribution >= 0.6 is 0 Å². The summed E-state index contributed by atoms with van der Waals surface area (Å²) in [6.07, 6.45) is -10.4. The highest BCUT2D eigenvalue weighted by Gasteiger charge is 2.37. The Balaban J connectivity index is 3.17. The molecule has 0 radical (unpaired) electrons. The molecule has 0 heterocycles. The van der Waals surface area contributed by atoms with E-state index in [1.807, 2.05) is 5.32 Å². The number of carbonyl (C=O) groups excluding carboxylic acids is 3. The Morgan fingerprint density at radius 1 is 1.00 bits per heavy atom. The number of amides is 2. The van der Waals surface area contributed by atoms with Crippen LogP contribution in [0.4, 0.5) is 26.3 Å². The lowest BCUT2D eigenvalue weighted by Crippen LogP contribution is -2.44. The Kier molecular flexibility index (Phi) is 6.99. The normalized spacial score (nSPS) is 13.1. The van der Waals surface area contributed by atoms with Crippen molar-refractivity contribution in [2.45, 2.75) is 44.6 Å². The van der Waals surface area contributed by atoms with Gasteiger partial charge in [-0.2, -0.15) is 26.3 Å². The van der Waals surface area contributed by atoms with Gasteiger partial charge in [-0.25, -0.2) is 0 Å². The van der Waals surface area contributed by atoms with Gasteiger partial charge in [0.05, 0.1) is 11.1 Å². The number of ketones is 1. The van der Waals surface area contributed by atoms with E-state index in [0.29, 0.717) is 0 Å². The summed E-state index contributed by atoms with van der Waals surface area (Å²) in [7, 11) is 0. The lowest BCUT2D eigenvalue weighted by molar-refractivity contribution is -0.143. The predicted molar refractivity (Wildman–Crippen MR) is 81.4 cm³/mol. The van der Waals surface area contributed by atoms with Gasteiger partial charge in [0.1, 0.15) is 11.8 Å². The van der Waals surface area contributed by atoms with Crippen molar-refractivity contribution in [3.05, 3.63) is 34.9 Å². The highest BCUT2D eigenvalue weighted by Crippen LogP contribution is 2.36. The second-order valence-corrected chi connectivity index (χ2v) is 5.65. The van der Waals surface area contributed by atoms with Crippen LogP contribution < -0.4 is 11.1 Å². The second kappa shape index (κ2) is 8.40. The summed E-state index contributed by atoms with van der Waals surface area (Å²) in [4.78, 5) is 34.7. The highest BCUT2D eigenvalue weighted by molar-refractivity contribution is 5.97. The molecule has 1 rings (SSSR count). The van der Waals surface area contributed by atoms with Crippen molar-refractivity contribution in [1.82, 2.24) is 5.32 Å². The van der Waals surface area contributed by atoms with E-state index in [0.717, 1.165) is 0 Å². The van der Waals surface area contributed by atoms with Crippen LogP contribution in [0.3, 0.4) is 0 Å². The van der Waals surface area contributed by atoms with Crippen LogP contribution in [0, 0.1) is 0 Å². The summed E-state index contributed by atoms with van der Waals surface area (Å²) in [6, 6.07) is -1.07. The summed E-state index contributed by atoms with van der Waals surface area (Å²) in [5.74, 6) is -2.68. The number of hydrogen-bond donors (Lipinski definition) is 2. The fraction of sp³-hybridized carbons (Fsp3) is 0.438. The largest absolute Gasteiger partial charge is 0.416 e. The summed E-state index contributed by atoms with van der Waals surface area (Å²) in [6.45, 7) is 1.56. The van der Waals surface area contributed by atoms with Crippen molar-refractivity contribution in [3.8, 4) is 0 Å². The topological polar surface area (TPSA) is 89.3 Å². The van der Waals surface area contributed by atoms with Gasteiger partial charge < -0.3 is 11.1 Å². The molecule has 0 spiro atoms. The smallest absolute Gasteiger partial charge is 0.368 e. The number of benzene rings is 1. The van der Waals surface area contributed by atoms with Gasteiger partial charge in [0.15, 0.2) is 0 Å². The van der Waals surface area contributed by atoms with E-state index in [1.54, 1.807) is 6.92 Å². The van der Waals surface area contributed by atoms with E-state index in [-0.39, 0.29) is 43.2 Å². The first kappa shape index (κ1) is 22.5. The summed E-state index contributed by atoms with van der Waals surface area (Å²) < 4.78 is 77.0. The summed E-state index contributed by atoms with van der Waals surface area (Å²) in [5.41, 5.74) is 0.790. The van der Waals surface area contributed by atoms with Crippen molar-refractivity contribution in [1.29, 1.82) is 0 Å².